The third-order valence-electron chi connectivity index (χ3n) is 8.63. The summed E-state index contributed by atoms with van der Waals surface area (Å²) in [5, 5.41) is 0. The number of halogens is 2. The predicted molar refractivity (Wildman–Crippen MR) is 193 cm³/mol. The van der Waals surface area contributed by atoms with Crippen LogP contribution in [0, 0.1) is 41.5 Å². The van der Waals surface area contributed by atoms with Gasteiger partial charge in [0.25, 0.3) is 0 Å². The van der Waals surface area contributed by atoms with Crippen LogP contribution < -0.4 is 9.80 Å². The summed E-state index contributed by atoms with van der Waals surface area (Å²) in [6, 6.07) is 23.8. The fourth-order valence-electron chi connectivity index (χ4n) is 7.15. The molecule has 1 aromatic heterocycles. The number of allylic oxidation sites excluding steroid dienone is 2. The molecule has 3 aromatic carbocycles. The molecule has 1 saturated heterocycles. The van der Waals surface area contributed by atoms with Crippen molar-refractivity contribution >= 4 is 48.9 Å². The summed E-state index contributed by atoms with van der Waals surface area (Å²) in [7, 11) is 0. The molecule has 2 atom stereocenters. The summed E-state index contributed by atoms with van der Waals surface area (Å²) >= 11 is 8.02. The van der Waals surface area contributed by atoms with Crippen molar-refractivity contribution in [2.45, 2.75) is 52.3 Å². The molecule has 0 saturated carbocycles. The number of anilines is 2. The summed E-state index contributed by atoms with van der Waals surface area (Å²) in [5.74, 6) is 1.07. The second-order valence-electron chi connectivity index (χ2n) is 12.0. The number of aryl methyl sites for hydroxylation is 6. The number of rotatable bonds is 5. The average molecular weight is 711 g/mol. The Kier molecular flexibility index (Phi) is 8.67. The van der Waals surface area contributed by atoms with E-state index in [2.05, 4.69) is 150 Å². The molecule has 0 bridgehead atoms. The predicted octanol–water partition coefficient (Wildman–Crippen LogP) is 9.80. The fourth-order valence-corrected chi connectivity index (χ4v) is 8.37. The minimum atomic E-state index is -0.137. The summed E-state index contributed by atoms with van der Waals surface area (Å²) < 4.78 is 0.973. The van der Waals surface area contributed by atoms with Crippen LogP contribution in [0.4, 0.5) is 11.4 Å². The molecule has 0 amide bonds. The van der Waals surface area contributed by atoms with Crippen LogP contribution >= 0.6 is 31.9 Å². The highest BCUT2D eigenvalue weighted by Crippen LogP contribution is 2.43. The van der Waals surface area contributed by atoms with E-state index >= 15 is 0 Å². The van der Waals surface area contributed by atoms with E-state index in [9.17, 15) is 0 Å². The van der Waals surface area contributed by atoms with Gasteiger partial charge in [-0.05, 0) is 103 Å². The van der Waals surface area contributed by atoms with Crippen molar-refractivity contribution < 1.29 is 0 Å². The Morgan fingerprint density at radius 3 is 1.82 bits per heavy atom. The summed E-state index contributed by atoms with van der Waals surface area (Å²) in [4.78, 5) is 14.9. The van der Waals surface area contributed by atoms with Crippen molar-refractivity contribution in [3.8, 4) is 0 Å². The molecule has 6 rings (SSSR count). The third kappa shape index (κ3) is 5.59. The molecule has 0 radical (unpaired) electrons. The van der Waals surface area contributed by atoms with Gasteiger partial charge in [0.15, 0.2) is 0 Å². The molecule has 4 nitrogen and oxygen atoms in total. The van der Waals surface area contributed by atoms with Crippen LogP contribution in [0.1, 0.15) is 50.6 Å². The fraction of sp³-hybridized carbons (Fsp3) is 0.263. The van der Waals surface area contributed by atoms with E-state index in [1.54, 1.807) is 0 Å². The molecule has 0 spiro atoms. The highest BCUT2D eigenvalue weighted by molar-refractivity contribution is 9.10. The average Bonchev–Trinajstić information content (AvgIpc) is 3.38. The van der Waals surface area contributed by atoms with Crippen LogP contribution in [-0.4, -0.2) is 28.6 Å². The number of aliphatic imine (C=N–C) groups is 1. The Morgan fingerprint density at radius 2 is 1.30 bits per heavy atom. The molecular formula is C38H38Br2N4. The van der Waals surface area contributed by atoms with Gasteiger partial charge < -0.3 is 9.80 Å². The first-order valence-corrected chi connectivity index (χ1v) is 16.8. The lowest BCUT2D eigenvalue weighted by Crippen LogP contribution is -2.33. The van der Waals surface area contributed by atoms with Crippen LogP contribution in [-0.2, 0) is 0 Å². The maximum Gasteiger partial charge on any atom is 0.118 e. The standard InChI is InChI=1S/C38H38Br2N4/c1-23-19-25(3)36(26(4)20-23)43-17-18-44(37-27(5)21-24(2)22-28(37)6)38(43)30-14-16-42-35(33(30)40)32(29-11-8-7-9-12-29)34-31(39)13-10-15-41-34/h7-16,19-22,32-33H,17-18H2,1-6H3. The monoisotopic (exact) mass is 708 g/mol. The second kappa shape index (κ2) is 12.5. The maximum atomic E-state index is 5.07. The van der Waals surface area contributed by atoms with Gasteiger partial charge in [0, 0.05) is 52.6 Å². The van der Waals surface area contributed by atoms with Crippen LogP contribution in [0.25, 0.3) is 0 Å². The van der Waals surface area contributed by atoms with Gasteiger partial charge in [-0.25, -0.2) is 0 Å². The Balaban J connectivity index is 1.57. The quantitative estimate of drug-likeness (QED) is 0.194. The van der Waals surface area contributed by atoms with Crippen LogP contribution in [0.5, 0.6) is 0 Å². The van der Waals surface area contributed by atoms with Crippen molar-refractivity contribution in [2.24, 2.45) is 4.99 Å². The molecule has 6 heteroatoms. The van der Waals surface area contributed by atoms with E-state index < -0.39 is 0 Å². The smallest absolute Gasteiger partial charge is 0.118 e. The molecule has 2 aliphatic rings. The van der Waals surface area contributed by atoms with Gasteiger partial charge in [0.05, 0.1) is 16.4 Å². The van der Waals surface area contributed by atoms with E-state index in [0.29, 0.717) is 0 Å². The van der Waals surface area contributed by atoms with Crippen molar-refractivity contribution in [1.82, 2.24) is 4.98 Å². The van der Waals surface area contributed by atoms with Crippen molar-refractivity contribution in [3.05, 3.63) is 146 Å². The topological polar surface area (TPSA) is 31.7 Å². The zero-order chi connectivity index (χ0) is 31.1. The lowest BCUT2D eigenvalue weighted by Gasteiger charge is -2.34. The SMILES string of the molecule is Cc1cc(C)c(N2CCN(c3c(C)cc(C)cc3C)C2=C2C=CN=C(C(c3ccccc3)c3ncccc3Br)C2Br)c(C)c1. The lowest BCUT2D eigenvalue weighted by molar-refractivity contribution is 0.949. The minimum absolute atomic E-state index is 0.134. The Morgan fingerprint density at radius 1 is 0.750 bits per heavy atom. The molecule has 0 aliphatic carbocycles. The van der Waals surface area contributed by atoms with Gasteiger partial charge in [0.2, 0.25) is 0 Å². The van der Waals surface area contributed by atoms with Crippen molar-refractivity contribution in [1.29, 1.82) is 0 Å². The summed E-state index contributed by atoms with van der Waals surface area (Å²) in [6.07, 6.45) is 6.03. The zero-order valence-electron chi connectivity index (χ0n) is 26.2. The minimum Gasteiger partial charge on any atom is -0.325 e. The molecule has 3 heterocycles. The molecule has 44 heavy (non-hydrogen) atoms. The van der Waals surface area contributed by atoms with Gasteiger partial charge in [0.1, 0.15) is 5.82 Å². The lowest BCUT2D eigenvalue weighted by atomic mass is 9.86. The number of alkyl halides is 1. The largest absolute Gasteiger partial charge is 0.325 e. The number of pyridine rings is 1. The van der Waals surface area contributed by atoms with E-state index in [1.165, 1.54) is 56.1 Å². The Labute approximate surface area is 278 Å². The van der Waals surface area contributed by atoms with E-state index in [1.807, 2.05) is 18.5 Å². The van der Waals surface area contributed by atoms with E-state index in [0.717, 1.165) is 34.5 Å². The first-order chi connectivity index (χ1) is 21.2. The van der Waals surface area contributed by atoms with Gasteiger partial charge in [-0.1, -0.05) is 81.7 Å². The Hall–Kier alpha value is -3.48. The van der Waals surface area contributed by atoms with Crippen LogP contribution in [0.3, 0.4) is 0 Å². The maximum absolute atomic E-state index is 5.07. The van der Waals surface area contributed by atoms with E-state index in [-0.39, 0.29) is 10.7 Å². The third-order valence-corrected chi connectivity index (χ3v) is 10.3. The van der Waals surface area contributed by atoms with Crippen molar-refractivity contribution in [3.63, 3.8) is 0 Å². The highest BCUT2D eigenvalue weighted by atomic mass is 79.9. The van der Waals surface area contributed by atoms with Gasteiger partial charge in [-0.3, -0.25) is 9.98 Å². The zero-order valence-corrected chi connectivity index (χ0v) is 29.4. The number of aromatic nitrogens is 1. The molecule has 224 valence electrons. The number of hydrogen-bond acceptors (Lipinski definition) is 4. The molecule has 1 fully saturated rings. The normalized spacial score (nSPS) is 17.4. The highest BCUT2D eigenvalue weighted by Gasteiger charge is 2.38. The van der Waals surface area contributed by atoms with Crippen LogP contribution in [0.2, 0.25) is 0 Å². The van der Waals surface area contributed by atoms with Crippen LogP contribution in [0.15, 0.2) is 106 Å². The first-order valence-electron chi connectivity index (χ1n) is 15.1. The molecule has 4 aromatic rings. The second-order valence-corrected chi connectivity index (χ2v) is 13.8. The molecular weight excluding hydrogens is 672 g/mol. The Bertz CT molecular complexity index is 1710. The van der Waals surface area contributed by atoms with Gasteiger partial charge in [-0.15, -0.1) is 0 Å². The molecule has 2 unspecified atom stereocenters. The van der Waals surface area contributed by atoms with Crippen molar-refractivity contribution in [2.75, 3.05) is 22.9 Å². The molecule has 2 aliphatic heterocycles. The summed E-state index contributed by atoms with van der Waals surface area (Å²) in [5.41, 5.74) is 14.6. The first kappa shape index (κ1) is 30.5. The summed E-state index contributed by atoms with van der Waals surface area (Å²) in [6.45, 7) is 15.1. The van der Waals surface area contributed by atoms with Gasteiger partial charge in [-0.2, -0.15) is 0 Å². The number of benzene rings is 3. The van der Waals surface area contributed by atoms with Gasteiger partial charge >= 0.3 is 0 Å². The number of hydrogen-bond donors (Lipinski definition) is 0. The molecule has 0 N–H and O–H groups in total. The number of nitrogens with zero attached hydrogens (tertiary/aromatic N) is 4. The van der Waals surface area contributed by atoms with E-state index in [4.69, 9.17) is 9.98 Å².